The summed E-state index contributed by atoms with van der Waals surface area (Å²) in [4.78, 5) is 29.5. The average molecular weight is 441 g/mol. The number of amides is 1. The number of ether oxygens (including phenoxy) is 1. The van der Waals surface area contributed by atoms with Gasteiger partial charge < -0.3 is 9.64 Å². The van der Waals surface area contributed by atoms with E-state index in [-0.39, 0.29) is 17.3 Å². The first-order valence-corrected chi connectivity index (χ1v) is 10.8. The van der Waals surface area contributed by atoms with Gasteiger partial charge in [0.25, 0.3) is 5.69 Å². The summed E-state index contributed by atoms with van der Waals surface area (Å²) in [6.45, 7) is 3.27. The predicted molar refractivity (Wildman–Crippen MR) is 117 cm³/mol. The Labute approximate surface area is 181 Å². The van der Waals surface area contributed by atoms with Crippen LogP contribution in [-0.2, 0) is 4.79 Å². The molecule has 0 N–H and O–H groups in total. The van der Waals surface area contributed by atoms with E-state index in [2.05, 4.69) is 11.1 Å². The molecule has 0 fully saturated rings. The minimum atomic E-state index is -0.803. The van der Waals surface area contributed by atoms with Crippen LogP contribution in [0.3, 0.4) is 0 Å². The van der Waals surface area contributed by atoms with Crippen LogP contribution in [0, 0.1) is 15.9 Å². The molecule has 2 aromatic heterocycles. The van der Waals surface area contributed by atoms with E-state index in [1.54, 1.807) is 12.3 Å². The first-order valence-electron chi connectivity index (χ1n) is 9.93. The average Bonchev–Trinajstić information content (AvgIpc) is 3.20. The number of nitro groups is 1. The zero-order valence-corrected chi connectivity index (χ0v) is 17.7. The molecule has 1 amide bonds. The fraction of sp³-hybridized carbons (Fsp3) is 0.273. The second kappa shape index (κ2) is 8.81. The Kier molecular flexibility index (Phi) is 5.94. The Morgan fingerprint density at radius 2 is 2.16 bits per heavy atom. The molecule has 0 spiro atoms. The molecule has 4 rings (SSSR count). The van der Waals surface area contributed by atoms with E-state index < -0.39 is 10.7 Å². The molecule has 0 saturated heterocycles. The quantitative estimate of drug-likeness (QED) is 0.370. The molecule has 0 aliphatic carbocycles. The van der Waals surface area contributed by atoms with Crippen molar-refractivity contribution in [3.63, 3.8) is 0 Å². The molecule has 0 radical (unpaired) electrons. The molecule has 1 aliphatic rings. The molecule has 0 saturated carbocycles. The van der Waals surface area contributed by atoms with Crippen LogP contribution in [0.2, 0.25) is 0 Å². The van der Waals surface area contributed by atoms with Crippen LogP contribution in [-0.4, -0.2) is 33.8 Å². The number of rotatable bonds is 6. The number of pyridine rings is 1. The molecule has 0 bridgehead atoms. The summed E-state index contributed by atoms with van der Waals surface area (Å²) < 4.78 is 20.8. The number of carbonyl (C=O) groups excluding carboxylic acids is 1. The lowest BCUT2D eigenvalue weighted by atomic mass is 10.1. The number of fused-ring (bicyclic) bond motifs is 1. The largest absolute Gasteiger partial charge is 0.453 e. The molecular formula is C22H20FN3O4S. The van der Waals surface area contributed by atoms with Gasteiger partial charge in [-0.15, -0.1) is 11.3 Å². The summed E-state index contributed by atoms with van der Waals surface area (Å²) >= 11 is 1.49. The molecule has 9 heteroatoms. The van der Waals surface area contributed by atoms with E-state index in [0.29, 0.717) is 25.3 Å². The maximum atomic E-state index is 14.3. The van der Waals surface area contributed by atoms with E-state index >= 15 is 0 Å². The maximum Gasteiger partial charge on any atom is 0.272 e. The highest BCUT2D eigenvalue weighted by molar-refractivity contribution is 7.20. The van der Waals surface area contributed by atoms with Crippen LogP contribution in [0.4, 0.5) is 10.1 Å². The van der Waals surface area contributed by atoms with Gasteiger partial charge >= 0.3 is 0 Å². The molecule has 1 aliphatic heterocycles. The summed E-state index contributed by atoms with van der Waals surface area (Å²) in [6, 6.07) is 6.90. The third kappa shape index (κ3) is 4.41. The Bertz CT molecular complexity index is 1190. The fourth-order valence-corrected chi connectivity index (χ4v) is 4.58. The second-order valence-corrected chi connectivity index (χ2v) is 8.23. The molecule has 7 nitrogen and oxygen atoms in total. The van der Waals surface area contributed by atoms with Crippen molar-refractivity contribution in [1.29, 1.82) is 0 Å². The van der Waals surface area contributed by atoms with Crippen molar-refractivity contribution in [2.75, 3.05) is 13.1 Å². The smallest absolute Gasteiger partial charge is 0.272 e. The molecule has 0 unspecified atom stereocenters. The van der Waals surface area contributed by atoms with Crippen molar-refractivity contribution in [2.24, 2.45) is 0 Å². The van der Waals surface area contributed by atoms with Gasteiger partial charge in [-0.05, 0) is 30.5 Å². The van der Waals surface area contributed by atoms with E-state index in [0.717, 1.165) is 39.6 Å². The van der Waals surface area contributed by atoms with Crippen molar-refractivity contribution < 1.29 is 18.8 Å². The van der Waals surface area contributed by atoms with Crippen molar-refractivity contribution >= 4 is 38.7 Å². The van der Waals surface area contributed by atoms with E-state index in [1.165, 1.54) is 23.5 Å². The van der Waals surface area contributed by atoms with Crippen molar-refractivity contribution in [1.82, 2.24) is 9.88 Å². The number of benzene rings is 1. The van der Waals surface area contributed by atoms with Crippen LogP contribution in [0.5, 0.6) is 11.5 Å². The molecule has 31 heavy (non-hydrogen) atoms. The Hall–Kier alpha value is -3.33. The van der Waals surface area contributed by atoms with Crippen LogP contribution in [0.1, 0.15) is 31.1 Å². The van der Waals surface area contributed by atoms with Crippen LogP contribution in [0.25, 0.3) is 15.8 Å². The van der Waals surface area contributed by atoms with Crippen molar-refractivity contribution in [3.8, 4) is 11.5 Å². The minimum Gasteiger partial charge on any atom is -0.453 e. The lowest BCUT2D eigenvalue weighted by Gasteiger charge is -2.26. The number of nitro benzene ring substituents is 1. The number of halogens is 1. The minimum absolute atomic E-state index is 0.0880. The van der Waals surface area contributed by atoms with Crippen molar-refractivity contribution in [2.45, 2.75) is 26.2 Å². The number of hydrogen-bond donors (Lipinski definition) is 0. The first kappa shape index (κ1) is 20.9. The highest BCUT2D eigenvalue weighted by Gasteiger charge is 2.20. The van der Waals surface area contributed by atoms with Gasteiger partial charge in [0.1, 0.15) is 5.75 Å². The lowest BCUT2D eigenvalue weighted by molar-refractivity contribution is -0.385. The van der Waals surface area contributed by atoms with Gasteiger partial charge in [-0.2, -0.15) is 0 Å². The van der Waals surface area contributed by atoms with Gasteiger partial charge in [-0.25, -0.2) is 4.39 Å². The number of non-ortho nitro benzene ring substituents is 1. The number of hydrogen-bond acceptors (Lipinski definition) is 6. The molecule has 0 atom stereocenters. The predicted octanol–water partition coefficient (Wildman–Crippen LogP) is 5.55. The normalized spacial score (nSPS) is 13.9. The monoisotopic (exact) mass is 441 g/mol. The third-order valence-corrected chi connectivity index (χ3v) is 6.28. The molecular weight excluding hydrogens is 421 g/mol. The van der Waals surface area contributed by atoms with Crippen LogP contribution < -0.4 is 4.74 Å². The summed E-state index contributed by atoms with van der Waals surface area (Å²) in [5.74, 6) is -0.278. The highest BCUT2D eigenvalue weighted by atomic mass is 32.1. The molecule has 3 aromatic rings. The molecule has 160 valence electrons. The van der Waals surface area contributed by atoms with E-state index in [9.17, 15) is 19.3 Å². The Morgan fingerprint density at radius 3 is 2.84 bits per heavy atom. The molecule has 1 aromatic carbocycles. The molecule has 3 heterocycles. The number of thiophene rings is 1. The summed E-state index contributed by atoms with van der Waals surface area (Å²) in [5.41, 5.74) is 1.54. The van der Waals surface area contributed by atoms with Crippen molar-refractivity contribution in [3.05, 3.63) is 63.4 Å². The van der Waals surface area contributed by atoms with Gasteiger partial charge in [0.05, 0.1) is 21.2 Å². The highest BCUT2D eigenvalue weighted by Crippen LogP contribution is 2.39. The second-order valence-electron chi connectivity index (χ2n) is 7.18. The summed E-state index contributed by atoms with van der Waals surface area (Å²) in [5, 5.41) is 10.8. The number of carbonyl (C=O) groups is 1. The standard InChI is InChI=1S/C22H20FN3O4S/c1-2-3-21(27)25-10-7-14(8-11-25)20-13-17-22(31-20)19(6-9-24-17)30-18-5-4-15(26(28)29)12-16(18)23/h4-7,9,12-13H,2-3,8,10-11H2,1H3. The van der Waals surface area contributed by atoms with Crippen LogP contribution in [0.15, 0.2) is 42.6 Å². The van der Waals surface area contributed by atoms with Gasteiger partial charge in [-0.1, -0.05) is 13.0 Å². The lowest BCUT2D eigenvalue weighted by Crippen LogP contribution is -2.34. The van der Waals surface area contributed by atoms with E-state index in [1.807, 2.05) is 17.9 Å². The zero-order valence-electron chi connectivity index (χ0n) is 16.8. The Balaban J connectivity index is 1.58. The first-order chi connectivity index (χ1) is 15.0. The van der Waals surface area contributed by atoms with Gasteiger partial charge in [0, 0.05) is 42.7 Å². The van der Waals surface area contributed by atoms with Crippen LogP contribution >= 0.6 is 11.3 Å². The number of nitrogens with zero attached hydrogens (tertiary/aromatic N) is 3. The Morgan fingerprint density at radius 1 is 1.32 bits per heavy atom. The summed E-state index contributed by atoms with van der Waals surface area (Å²) in [6.07, 6.45) is 5.81. The van der Waals surface area contributed by atoms with Gasteiger partial charge in [0.15, 0.2) is 11.6 Å². The maximum absolute atomic E-state index is 14.3. The number of aromatic nitrogens is 1. The fourth-order valence-electron chi connectivity index (χ4n) is 3.45. The van der Waals surface area contributed by atoms with E-state index in [4.69, 9.17) is 4.74 Å². The topological polar surface area (TPSA) is 85.6 Å². The SMILES string of the molecule is CCCC(=O)N1CC=C(c2cc3nccc(Oc4ccc([N+](=O)[O-])cc4F)c3s2)CC1. The van der Waals surface area contributed by atoms with Gasteiger partial charge in [-0.3, -0.25) is 19.9 Å². The zero-order chi connectivity index (χ0) is 22.0. The third-order valence-electron chi connectivity index (χ3n) is 5.06. The summed E-state index contributed by atoms with van der Waals surface area (Å²) in [7, 11) is 0. The van der Waals surface area contributed by atoms with Gasteiger partial charge in [0.2, 0.25) is 5.91 Å².